The van der Waals surface area contributed by atoms with Crippen molar-refractivity contribution in [3.63, 3.8) is 0 Å². The molecule has 2 bridgehead atoms. The maximum Gasteiger partial charge on any atom is 0.0212 e. The van der Waals surface area contributed by atoms with Crippen LogP contribution in [0.4, 0.5) is 0 Å². The third-order valence-electron chi connectivity index (χ3n) is 5.09. The zero-order valence-electron chi connectivity index (χ0n) is 13.1. The first-order valence-corrected chi connectivity index (χ1v) is 10.3. The van der Waals surface area contributed by atoms with Gasteiger partial charge in [0.2, 0.25) is 0 Å². The van der Waals surface area contributed by atoms with Crippen LogP contribution in [0.2, 0.25) is 0 Å². The summed E-state index contributed by atoms with van der Waals surface area (Å²) in [5.41, 5.74) is 4.95. The molecule has 2 aliphatic heterocycles. The smallest absolute Gasteiger partial charge is 0.0212 e. The Morgan fingerprint density at radius 3 is 2.18 bits per heavy atom. The number of thioether (sulfide) groups is 1. The van der Waals surface area contributed by atoms with E-state index in [0.29, 0.717) is 0 Å². The van der Waals surface area contributed by atoms with E-state index in [1.54, 1.807) is 16.5 Å². The van der Waals surface area contributed by atoms with Crippen molar-refractivity contribution in [2.75, 3.05) is 0 Å². The highest BCUT2D eigenvalue weighted by Crippen LogP contribution is 2.67. The van der Waals surface area contributed by atoms with E-state index in [1.807, 2.05) is 0 Å². The SMILES string of the molecule is CC1=C(C)[C@@H]2[C@@H](Sc3ccccc3)C[C@H]1P2c1ccccc1. The third kappa shape index (κ3) is 2.36. The first kappa shape index (κ1) is 14.5. The molecule has 0 aliphatic carbocycles. The molecule has 22 heavy (non-hydrogen) atoms. The van der Waals surface area contributed by atoms with Crippen LogP contribution in [0.5, 0.6) is 0 Å². The van der Waals surface area contributed by atoms with Crippen LogP contribution in [0.15, 0.2) is 76.7 Å². The highest BCUT2D eigenvalue weighted by atomic mass is 32.2. The number of hydrogen-bond acceptors (Lipinski definition) is 1. The molecular weight excluding hydrogens is 303 g/mol. The van der Waals surface area contributed by atoms with Crippen molar-refractivity contribution in [2.24, 2.45) is 0 Å². The summed E-state index contributed by atoms with van der Waals surface area (Å²) in [7, 11) is -0.0607. The highest BCUT2D eigenvalue weighted by Gasteiger charge is 2.50. The van der Waals surface area contributed by atoms with Crippen molar-refractivity contribution < 1.29 is 0 Å². The molecule has 112 valence electrons. The van der Waals surface area contributed by atoms with Gasteiger partial charge in [0, 0.05) is 21.5 Å². The molecule has 0 spiro atoms. The lowest BCUT2D eigenvalue weighted by molar-refractivity contribution is 0.761. The minimum absolute atomic E-state index is 0.0607. The zero-order chi connectivity index (χ0) is 15.1. The van der Waals surface area contributed by atoms with Crippen LogP contribution in [0.1, 0.15) is 20.3 Å². The van der Waals surface area contributed by atoms with E-state index in [0.717, 1.165) is 16.6 Å². The van der Waals surface area contributed by atoms with Gasteiger partial charge in [0.1, 0.15) is 0 Å². The van der Waals surface area contributed by atoms with Crippen molar-refractivity contribution >= 4 is 25.0 Å². The summed E-state index contributed by atoms with van der Waals surface area (Å²) in [6.45, 7) is 4.76. The van der Waals surface area contributed by atoms with Crippen molar-refractivity contribution in [3.8, 4) is 0 Å². The van der Waals surface area contributed by atoms with Gasteiger partial charge in [-0.1, -0.05) is 67.6 Å². The van der Waals surface area contributed by atoms with E-state index in [1.165, 1.54) is 11.3 Å². The molecule has 2 aliphatic rings. The topological polar surface area (TPSA) is 0 Å². The van der Waals surface area contributed by atoms with Gasteiger partial charge in [-0.15, -0.1) is 11.8 Å². The Balaban J connectivity index is 1.65. The van der Waals surface area contributed by atoms with Crippen LogP contribution in [0.25, 0.3) is 0 Å². The summed E-state index contributed by atoms with van der Waals surface area (Å²) in [6.07, 6.45) is 1.36. The number of rotatable bonds is 3. The molecule has 0 aromatic heterocycles. The number of benzene rings is 2. The van der Waals surface area contributed by atoms with Gasteiger partial charge in [-0.2, -0.15) is 0 Å². The zero-order valence-corrected chi connectivity index (χ0v) is 14.8. The molecule has 2 heterocycles. The number of fused-ring (bicyclic) bond motifs is 2. The fraction of sp³-hybridized carbons (Fsp3) is 0.300. The fourth-order valence-corrected chi connectivity index (χ4v) is 9.70. The summed E-state index contributed by atoms with van der Waals surface area (Å²) in [5, 5.41) is 2.35. The molecule has 4 rings (SSSR count). The average molecular weight is 324 g/mol. The minimum Gasteiger partial charge on any atom is -0.122 e. The van der Waals surface area contributed by atoms with Crippen molar-refractivity contribution in [2.45, 2.75) is 41.7 Å². The van der Waals surface area contributed by atoms with Gasteiger partial charge in [-0.3, -0.25) is 0 Å². The summed E-state index contributed by atoms with van der Waals surface area (Å²) in [5.74, 6) is 0. The lowest BCUT2D eigenvalue weighted by Gasteiger charge is -2.24. The Kier molecular flexibility index (Phi) is 3.88. The Hall–Kier alpha value is -1.04. The second-order valence-corrected chi connectivity index (χ2v) is 10.1. The fourth-order valence-electron chi connectivity index (χ4n) is 3.93. The highest BCUT2D eigenvalue weighted by molar-refractivity contribution is 8.00. The van der Waals surface area contributed by atoms with Crippen LogP contribution in [-0.4, -0.2) is 16.6 Å². The van der Waals surface area contributed by atoms with Crippen LogP contribution in [0, 0.1) is 0 Å². The van der Waals surface area contributed by atoms with Crippen molar-refractivity contribution in [3.05, 3.63) is 71.8 Å². The summed E-state index contributed by atoms with van der Waals surface area (Å²) in [6, 6.07) is 22.2. The predicted octanol–water partition coefficient (Wildman–Crippen LogP) is 5.45. The molecule has 0 N–H and O–H groups in total. The van der Waals surface area contributed by atoms with E-state index in [-0.39, 0.29) is 7.92 Å². The van der Waals surface area contributed by atoms with Crippen LogP contribution >= 0.6 is 19.7 Å². The Morgan fingerprint density at radius 1 is 0.864 bits per heavy atom. The van der Waals surface area contributed by atoms with Gasteiger partial charge in [-0.05, 0) is 37.7 Å². The summed E-state index contributed by atoms with van der Waals surface area (Å²) < 4.78 is 0. The Bertz CT molecular complexity index is 692. The van der Waals surface area contributed by atoms with Crippen molar-refractivity contribution in [1.29, 1.82) is 0 Å². The molecule has 0 nitrogen and oxygen atoms in total. The van der Waals surface area contributed by atoms with Crippen LogP contribution in [0.3, 0.4) is 0 Å². The van der Waals surface area contributed by atoms with Gasteiger partial charge in [0.15, 0.2) is 0 Å². The molecule has 2 aromatic carbocycles. The predicted molar refractivity (Wildman–Crippen MR) is 99.7 cm³/mol. The van der Waals surface area contributed by atoms with Crippen LogP contribution < -0.4 is 5.30 Å². The molecule has 1 unspecified atom stereocenters. The average Bonchev–Trinajstić information content (AvgIpc) is 3.04. The third-order valence-corrected chi connectivity index (χ3v) is 10.1. The van der Waals surface area contributed by atoms with Gasteiger partial charge >= 0.3 is 0 Å². The monoisotopic (exact) mass is 324 g/mol. The summed E-state index contributed by atoms with van der Waals surface area (Å²) >= 11 is 2.10. The Morgan fingerprint density at radius 2 is 1.50 bits per heavy atom. The van der Waals surface area contributed by atoms with E-state index in [2.05, 4.69) is 86.3 Å². The maximum atomic E-state index is 2.38. The van der Waals surface area contributed by atoms with E-state index in [4.69, 9.17) is 0 Å². The lowest BCUT2D eigenvalue weighted by Crippen LogP contribution is -2.20. The largest absolute Gasteiger partial charge is 0.122 e. The Labute approximate surface area is 138 Å². The van der Waals surface area contributed by atoms with Gasteiger partial charge in [-0.25, -0.2) is 0 Å². The van der Waals surface area contributed by atoms with Gasteiger partial charge in [0.05, 0.1) is 0 Å². The molecule has 0 saturated carbocycles. The summed E-state index contributed by atoms with van der Waals surface area (Å²) in [4.78, 5) is 1.42. The molecule has 2 heteroatoms. The molecular formula is C20H21PS. The second kappa shape index (κ2) is 5.87. The lowest BCUT2D eigenvalue weighted by atomic mass is 9.94. The van der Waals surface area contributed by atoms with Crippen molar-refractivity contribution in [1.82, 2.24) is 0 Å². The first-order valence-electron chi connectivity index (χ1n) is 7.98. The van der Waals surface area contributed by atoms with E-state index < -0.39 is 0 Å². The van der Waals surface area contributed by atoms with Crippen LogP contribution in [-0.2, 0) is 0 Å². The molecule has 4 atom stereocenters. The van der Waals surface area contributed by atoms with Gasteiger partial charge in [0.25, 0.3) is 0 Å². The first-order chi connectivity index (χ1) is 10.8. The quantitative estimate of drug-likeness (QED) is 0.535. The van der Waals surface area contributed by atoms with Gasteiger partial charge < -0.3 is 0 Å². The normalized spacial score (nSPS) is 30.1. The van der Waals surface area contributed by atoms with E-state index >= 15 is 0 Å². The number of allylic oxidation sites excluding steroid dienone is 2. The van der Waals surface area contributed by atoms with E-state index in [9.17, 15) is 0 Å². The molecule has 0 amide bonds. The molecule has 1 saturated heterocycles. The minimum atomic E-state index is -0.0607. The number of hydrogen-bond donors (Lipinski definition) is 0. The molecule has 0 radical (unpaired) electrons. The maximum absolute atomic E-state index is 2.38. The molecule has 1 fully saturated rings. The standard InChI is InChI=1S/C20H21PS/c1-14-15(2)20-19(22-17-11-7-4-8-12-17)13-18(14)21(20)16-9-5-3-6-10-16/h3-12,18-20H,13H2,1-2H3/t18-,19+,20-,21?/m1/s1. The second-order valence-electron chi connectivity index (χ2n) is 6.27. The molecule has 2 aromatic rings.